The first-order chi connectivity index (χ1) is 8.52. The van der Waals surface area contributed by atoms with Crippen molar-refractivity contribution >= 4 is 21.8 Å². The molecule has 0 aromatic heterocycles. The molecule has 2 unspecified atom stereocenters. The van der Waals surface area contributed by atoms with Crippen LogP contribution in [-0.2, 0) is 0 Å². The number of benzene rings is 1. The van der Waals surface area contributed by atoms with Gasteiger partial charge in [0.1, 0.15) is 0 Å². The van der Waals surface area contributed by atoms with Crippen LogP contribution < -0.4 is 0 Å². The number of aryl methyl sites for hydroxylation is 1. The van der Waals surface area contributed by atoms with Crippen LogP contribution in [0.25, 0.3) is 0 Å². The fraction of sp³-hybridized carbons (Fsp3) is 0.533. The van der Waals surface area contributed by atoms with Crippen molar-refractivity contribution in [3.63, 3.8) is 0 Å². The Bertz CT molecular complexity index is 438. The summed E-state index contributed by atoms with van der Waals surface area (Å²) in [6, 6.07) is 6.70. The van der Waals surface area contributed by atoms with Crippen molar-refractivity contribution in [1.29, 1.82) is 0 Å². The van der Waals surface area contributed by atoms with Crippen LogP contribution in [0.1, 0.15) is 49.0 Å². The van der Waals surface area contributed by atoms with Crippen LogP contribution in [0.5, 0.6) is 0 Å². The maximum absolute atomic E-state index is 12.6. The van der Waals surface area contributed by atoms with E-state index in [1.165, 1.54) is 0 Å². The van der Waals surface area contributed by atoms with E-state index in [0.29, 0.717) is 12.1 Å². The van der Waals surface area contributed by atoms with Crippen LogP contribution in [0, 0.1) is 6.92 Å². The lowest BCUT2D eigenvalue weighted by Crippen LogP contribution is -2.39. The molecule has 1 fully saturated rings. The average Bonchev–Trinajstić information content (AvgIpc) is 2.68. The van der Waals surface area contributed by atoms with Gasteiger partial charge < -0.3 is 4.90 Å². The molecule has 1 aromatic rings. The molecule has 0 saturated carbocycles. The van der Waals surface area contributed by atoms with Gasteiger partial charge in [0.15, 0.2) is 0 Å². The first-order valence-corrected chi connectivity index (χ1v) is 7.42. The van der Waals surface area contributed by atoms with Gasteiger partial charge in [-0.05, 0) is 56.9 Å². The normalized spacial score (nSPS) is 23.4. The van der Waals surface area contributed by atoms with Crippen LogP contribution in [0.4, 0.5) is 0 Å². The van der Waals surface area contributed by atoms with Gasteiger partial charge in [-0.1, -0.05) is 22.9 Å². The zero-order chi connectivity index (χ0) is 13.3. The number of likely N-dealkylation sites (tertiary alicyclic amines) is 1. The molecule has 98 valence electrons. The molecule has 2 atom stereocenters. The van der Waals surface area contributed by atoms with Crippen molar-refractivity contribution in [1.82, 2.24) is 4.90 Å². The highest BCUT2D eigenvalue weighted by atomic mass is 79.9. The lowest BCUT2D eigenvalue weighted by Gasteiger charge is -2.28. The zero-order valence-electron chi connectivity index (χ0n) is 11.2. The van der Waals surface area contributed by atoms with Gasteiger partial charge in [0.05, 0.1) is 0 Å². The van der Waals surface area contributed by atoms with E-state index in [2.05, 4.69) is 34.7 Å². The van der Waals surface area contributed by atoms with Gasteiger partial charge >= 0.3 is 0 Å². The van der Waals surface area contributed by atoms with Gasteiger partial charge in [0.2, 0.25) is 0 Å². The number of carbonyl (C=O) groups is 1. The summed E-state index contributed by atoms with van der Waals surface area (Å²) in [5.74, 6) is 0.177. The van der Waals surface area contributed by atoms with E-state index >= 15 is 0 Å². The van der Waals surface area contributed by atoms with Crippen molar-refractivity contribution in [3.8, 4) is 0 Å². The minimum atomic E-state index is 0.177. The third kappa shape index (κ3) is 2.61. The molecule has 0 radical (unpaired) electrons. The Labute approximate surface area is 117 Å². The summed E-state index contributed by atoms with van der Waals surface area (Å²) in [6.07, 6.45) is 3.30. The smallest absolute Gasteiger partial charge is 0.254 e. The minimum absolute atomic E-state index is 0.177. The second-order valence-corrected chi connectivity index (χ2v) is 6.13. The van der Waals surface area contributed by atoms with Gasteiger partial charge in [-0.25, -0.2) is 0 Å². The molecule has 1 saturated heterocycles. The molecule has 3 heteroatoms. The number of carbonyl (C=O) groups excluding carboxylic acids is 1. The molecule has 1 aliphatic heterocycles. The molecule has 0 aliphatic carbocycles. The number of hydrogen-bond donors (Lipinski definition) is 0. The fourth-order valence-corrected chi connectivity index (χ4v) is 3.46. The van der Waals surface area contributed by atoms with Crippen molar-refractivity contribution in [3.05, 3.63) is 33.8 Å². The Morgan fingerprint density at radius 2 is 2.11 bits per heavy atom. The molecule has 1 aliphatic rings. The summed E-state index contributed by atoms with van der Waals surface area (Å²) < 4.78 is 0.978. The van der Waals surface area contributed by atoms with Gasteiger partial charge in [-0.2, -0.15) is 0 Å². The highest BCUT2D eigenvalue weighted by molar-refractivity contribution is 9.10. The van der Waals surface area contributed by atoms with E-state index in [0.717, 1.165) is 34.9 Å². The Morgan fingerprint density at radius 1 is 1.39 bits per heavy atom. The molecule has 1 amide bonds. The number of rotatable bonds is 2. The van der Waals surface area contributed by atoms with E-state index in [-0.39, 0.29) is 5.91 Å². The van der Waals surface area contributed by atoms with Gasteiger partial charge in [0, 0.05) is 22.1 Å². The van der Waals surface area contributed by atoms with E-state index < -0.39 is 0 Å². The lowest BCUT2D eigenvalue weighted by molar-refractivity contribution is 0.0676. The fourth-order valence-electron chi connectivity index (χ4n) is 2.85. The minimum Gasteiger partial charge on any atom is -0.333 e. The van der Waals surface area contributed by atoms with E-state index in [4.69, 9.17) is 0 Å². The predicted octanol–water partition coefficient (Wildman–Crippen LogP) is 4.16. The summed E-state index contributed by atoms with van der Waals surface area (Å²) in [5, 5.41) is 0. The molecule has 1 aromatic carbocycles. The third-order valence-corrected chi connectivity index (χ3v) is 4.24. The number of halogens is 1. The number of amides is 1. The first kappa shape index (κ1) is 13.6. The number of hydrogen-bond acceptors (Lipinski definition) is 1. The highest BCUT2D eigenvalue weighted by Gasteiger charge is 2.33. The maximum Gasteiger partial charge on any atom is 0.254 e. The van der Waals surface area contributed by atoms with Gasteiger partial charge in [0.25, 0.3) is 5.91 Å². The highest BCUT2D eigenvalue weighted by Crippen LogP contribution is 2.28. The summed E-state index contributed by atoms with van der Waals surface area (Å²) in [6.45, 7) is 6.33. The van der Waals surface area contributed by atoms with Crippen LogP contribution >= 0.6 is 15.9 Å². The molecule has 18 heavy (non-hydrogen) atoms. The topological polar surface area (TPSA) is 20.3 Å². The molecule has 0 bridgehead atoms. The molecule has 0 spiro atoms. The maximum atomic E-state index is 12.6. The Hall–Kier alpha value is -0.830. The molecular weight excluding hydrogens is 290 g/mol. The second kappa shape index (κ2) is 5.43. The number of nitrogens with zero attached hydrogens (tertiary/aromatic N) is 1. The first-order valence-electron chi connectivity index (χ1n) is 6.62. The Balaban J connectivity index is 2.29. The lowest BCUT2D eigenvalue weighted by atomic mass is 10.1. The van der Waals surface area contributed by atoms with Crippen LogP contribution in [-0.4, -0.2) is 22.9 Å². The summed E-state index contributed by atoms with van der Waals surface area (Å²) >= 11 is 3.47. The molecule has 1 heterocycles. The summed E-state index contributed by atoms with van der Waals surface area (Å²) in [7, 11) is 0. The van der Waals surface area contributed by atoms with Crippen molar-refractivity contribution in [2.45, 2.75) is 52.1 Å². The van der Waals surface area contributed by atoms with E-state index in [9.17, 15) is 4.79 Å². The van der Waals surface area contributed by atoms with Crippen LogP contribution in [0.15, 0.2) is 22.7 Å². The summed E-state index contributed by atoms with van der Waals surface area (Å²) in [4.78, 5) is 14.7. The van der Waals surface area contributed by atoms with E-state index in [1.807, 2.05) is 25.1 Å². The standard InChI is InChI=1S/C15H20BrNO/c1-4-14-6-5-11(3)17(14)15(18)12-7-10(2)8-13(16)9-12/h7-9,11,14H,4-6H2,1-3H3. The van der Waals surface area contributed by atoms with E-state index in [1.54, 1.807) is 0 Å². The Kier molecular flexibility index (Phi) is 4.10. The zero-order valence-corrected chi connectivity index (χ0v) is 12.8. The molecule has 0 N–H and O–H groups in total. The predicted molar refractivity (Wildman–Crippen MR) is 77.8 cm³/mol. The third-order valence-electron chi connectivity index (χ3n) is 3.78. The SMILES string of the molecule is CCC1CCC(C)N1C(=O)c1cc(C)cc(Br)c1. The van der Waals surface area contributed by atoms with Crippen molar-refractivity contribution in [2.24, 2.45) is 0 Å². The average molecular weight is 310 g/mol. The van der Waals surface area contributed by atoms with Crippen molar-refractivity contribution in [2.75, 3.05) is 0 Å². The second-order valence-electron chi connectivity index (χ2n) is 5.22. The Morgan fingerprint density at radius 3 is 2.72 bits per heavy atom. The van der Waals surface area contributed by atoms with Gasteiger partial charge in [-0.3, -0.25) is 4.79 Å². The summed E-state index contributed by atoms with van der Waals surface area (Å²) in [5.41, 5.74) is 1.92. The molecule has 2 rings (SSSR count). The largest absolute Gasteiger partial charge is 0.333 e. The monoisotopic (exact) mass is 309 g/mol. The van der Waals surface area contributed by atoms with Crippen LogP contribution in [0.2, 0.25) is 0 Å². The molecule has 2 nitrogen and oxygen atoms in total. The van der Waals surface area contributed by atoms with Crippen molar-refractivity contribution < 1.29 is 4.79 Å². The van der Waals surface area contributed by atoms with Gasteiger partial charge in [-0.15, -0.1) is 0 Å². The quantitative estimate of drug-likeness (QED) is 0.803. The molecular formula is C15H20BrNO. The van der Waals surface area contributed by atoms with Crippen LogP contribution in [0.3, 0.4) is 0 Å².